The monoisotopic (exact) mass is 298 g/mol. The fraction of sp³-hybridized carbons (Fsp3) is 0.118. The van der Waals surface area contributed by atoms with Crippen molar-refractivity contribution in [3.63, 3.8) is 0 Å². The molecule has 1 heterocycles. The SMILES string of the molecule is N[C@@H](Cc1ccc(O)cc1)C(=O)O.c1ccc2[nH]ccc2c1. The lowest BCUT2D eigenvalue weighted by molar-refractivity contribution is -0.138. The van der Waals surface area contributed by atoms with Crippen molar-refractivity contribution >= 4 is 16.9 Å². The van der Waals surface area contributed by atoms with E-state index in [1.54, 1.807) is 12.1 Å². The van der Waals surface area contributed by atoms with Crippen LogP contribution in [0.3, 0.4) is 0 Å². The standard InChI is InChI=1S/C9H11NO3.C8H7N/c10-8(9(12)13)5-6-1-3-7(11)4-2-6;1-2-4-8-7(3-1)5-6-9-8/h1-4,8,11H,5,10H2,(H,12,13);1-6,9H/t8-;/m0./s1. The molecule has 114 valence electrons. The molecule has 0 amide bonds. The third kappa shape index (κ3) is 4.36. The molecule has 1 aromatic heterocycles. The van der Waals surface area contributed by atoms with Gasteiger partial charge in [0.15, 0.2) is 0 Å². The lowest BCUT2D eigenvalue weighted by atomic mass is 10.1. The first-order chi connectivity index (χ1) is 10.6. The van der Waals surface area contributed by atoms with Gasteiger partial charge < -0.3 is 20.9 Å². The number of rotatable bonds is 3. The molecule has 0 saturated carbocycles. The van der Waals surface area contributed by atoms with Crippen molar-refractivity contribution in [1.29, 1.82) is 0 Å². The summed E-state index contributed by atoms with van der Waals surface area (Å²) in [5, 5.41) is 18.8. The minimum Gasteiger partial charge on any atom is -0.508 e. The lowest BCUT2D eigenvalue weighted by Gasteiger charge is -2.05. The molecule has 0 aliphatic heterocycles. The summed E-state index contributed by atoms with van der Waals surface area (Å²) >= 11 is 0. The molecular weight excluding hydrogens is 280 g/mol. The number of benzene rings is 2. The molecule has 5 N–H and O–H groups in total. The number of aliphatic carboxylic acids is 1. The Bertz CT molecular complexity index is 705. The number of carboxylic acids is 1. The van der Waals surface area contributed by atoms with E-state index in [0.717, 1.165) is 5.56 Å². The topological polar surface area (TPSA) is 99.3 Å². The van der Waals surface area contributed by atoms with E-state index >= 15 is 0 Å². The summed E-state index contributed by atoms with van der Waals surface area (Å²) in [6.07, 6.45) is 2.22. The number of fused-ring (bicyclic) bond motifs is 1. The Labute approximate surface area is 128 Å². The van der Waals surface area contributed by atoms with Crippen LogP contribution >= 0.6 is 0 Å². The van der Waals surface area contributed by atoms with Crippen LogP contribution in [0.25, 0.3) is 10.9 Å². The van der Waals surface area contributed by atoms with Gasteiger partial charge in [-0.05, 0) is 41.6 Å². The molecule has 3 aromatic rings. The highest BCUT2D eigenvalue weighted by molar-refractivity contribution is 5.78. The highest BCUT2D eigenvalue weighted by Gasteiger charge is 2.11. The molecule has 0 spiro atoms. The molecule has 22 heavy (non-hydrogen) atoms. The third-order valence-electron chi connectivity index (χ3n) is 3.17. The molecule has 0 aliphatic carbocycles. The second kappa shape index (κ2) is 7.28. The van der Waals surface area contributed by atoms with Crippen LogP contribution in [-0.4, -0.2) is 27.2 Å². The van der Waals surface area contributed by atoms with Crippen molar-refractivity contribution in [3.8, 4) is 5.75 Å². The predicted molar refractivity (Wildman–Crippen MR) is 85.7 cm³/mol. The quantitative estimate of drug-likeness (QED) is 0.597. The van der Waals surface area contributed by atoms with Crippen molar-refractivity contribution in [1.82, 2.24) is 4.98 Å². The lowest BCUT2D eigenvalue weighted by Crippen LogP contribution is -2.32. The first kappa shape index (κ1) is 15.6. The van der Waals surface area contributed by atoms with Crippen LogP contribution in [0.15, 0.2) is 60.8 Å². The highest BCUT2D eigenvalue weighted by atomic mass is 16.4. The van der Waals surface area contributed by atoms with Gasteiger partial charge >= 0.3 is 5.97 Å². The Balaban J connectivity index is 0.000000170. The van der Waals surface area contributed by atoms with Crippen molar-refractivity contribution < 1.29 is 15.0 Å². The van der Waals surface area contributed by atoms with Gasteiger partial charge in [0.2, 0.25) is 0 Å². The zero-order valence-electron chi connectivity index (χ0n) is 11.9. The molecule has 0 saturated heterocycles. The number of phenolic OH excluding ortho intramolecular Hbond substituents is 1. The van der Waals surface area contributed by atoms with Gasteiger partial charge in [0.05, 0.1) is 0 Å². The number of phenols is 1. The Morgan fingerprint density at radius 3 is 2.41 bits per heavy atom. The second-order valence-electron chi connectivity index (χ2n) is 4.88. The van der Waals surface area contributed by atoms with Gasteiger partial charge in [-0.3, -0.25) is 4.79 Å². The minimum absolute atomic E-state index is 0.160. The molecule has 3 rings (SSSR count). The van der Waals surface area contributed by atoms with E-state index in [9.17, 15) is 4.79 Å². The minimum atomic E-state index is -1.02. The number of aromatic hydroxyl groups is 1. The normalized spacial score (nSPS) is 11.5. The Kier molecular flexibility index (Phi) is 5.16. The molecular formula is C17H18N2O3. The fourth-order valence-corrected chi connectivity index (χ4v) is 1.97. The van der Waals surface area contributed by atoms with E-state index in [0.29, 0.717) is 0 Å². The van der Waals surface area contributed by atoms with Crippen molar-refractivity contribution in [2.75, 3.05) is 0 Å². The maximum absolute atomic E-state index is 10.4. The Hall–Kier alpha value is -2.79. The van der Waals surface area contributed by atoms with Crippen molar-refractivity contribution in [2.45, 2.75) is 12.5 Å². The first-order valence-corrected chi connectivity index (χ1v) is 6.84. The Morgan fingerprint density at radius 2 is 1.77 bits per heavy atom. The number of carbonyl (C=O) groups is 1. The summed E-state index contributed by atoms with van der Waals surface area (Å²) in [5.41, 5.74) is 7.33. The zero-order chi connectivity index (χ0) is 15.9. The average Bonchev–Trinajstić information content (AvgIpc) is 2.98. The first-order valence-electron chi connectivity index (χ1n) is 6.84. The summed E-state index contributed by atoms with van der Waals surface area (Å²) in [5.74, 6) is -0.860. The number of nitrogens with two attached hydrogens (primary N) is 1. The number of aromatic nitrogens is 1. The average molecular weight is 298 g/mol. The molecule has 0 aliphatic rings. The molecule has 2 aromatic carbocycles. The number of H-pyrrole nitrogens is 1. The van der Waals surface area contributed by atoms with Crippen molar-refractivity contribution in [2.24, 2.45) is 5.73 Å². The van der Waals surface area contributed by atoms with Crippen LogP contribution in [-0.2, 0) is 11.2 Å². The smallest absolute Gasteiger partial charge is 0.320 e. The van der Waals surface area contributed by atoms with Crippen LogP contribution < -0.4 is 5.73 Å². The molecule has 0 bridgehead atoms. The van der Waals surface area contributed by atoms with Gasteiger partial charge in [0, 0.05) is 11.7 Å². The third-order valence-corrected chi connectivity index (χ3v) is 3.17. The second-order valence-corrected chi connectivity index (χ2v) is 4.88. The van der Waals surface area contributed by atoms with E-state index in [1.807, 2.05) is 18.3 Å². The molecule has 0 radical (unpaired) electrons. The van der Waals surface area contributed by atoms with Crippen LogP contribution in [0.4, 0.5) is 0 Å². The van der Waals surface area contributed by atoms with Crippen LogP contribution in [0.1, 0.15) is 5.56 Å². The zero-order valence-corrected chi connectivity index (χ0v) is 11.9. The summed E-state index contributed by atoms with van der Waals surface area (Å²) in [7, 11) is 0. The van der Waals surface area contributed by atoms with E-state index < -0.39 is 12.0 Å². The van der Waals surface area contributed by atoms with Gasteiger partial charge in [-0.25, -0.2) is 0 Å². The summed E-state index contributed by atoms with van der Waals surface area (Å²) in [6.45, 7) is 0. The van der Waals surface area contributed by atoms with Crippen molar-refractivity contribution in [3.05, 3.63) is 66.4 Å². The molecule has 5 nitrogen and oxygen atoms in total. The van der Waals surface area contributed by atoms with E-state index in [4.69, 9.17) is 15.9 Å². The number of carboxylic acid groups (broad SMARTS) is 1. The maximum Gasteiger partial charge on any atom is 0.320 e. The molecule has 1 atom stereocenters. The highest BCUT2D eigenvalue weighted by Crippen LogP contribution is 2.11. The van der Waals surface area contributed by atoms with Gasteiger partial charge in [0.1, 0.15) is 11.8 Å². The summed E-state index contributed by atoms with van der Waals surface area (Å²) in [4.78, 5) is 13.5. The molecule has 0 fully saturated rings. The Morgan fingerprint density at radius 1 is 1.09 bits per heavy atom. The van der Waals surface area contributed by atoms with E-state index in [1.165, 1.54) is 23.0 Å². The van der Waals surface area contributed by atoms with E-state index in [-0.39, 0.29) is 12.2 Å². The van der Waals surface area contributed by atoms with Gasteiger partial charge in [0.25, 0.3) is 0 Å². The fourth-order valence-electron chi connectivity index (χ4n) is 1.97. The summed E-state index contributed by atoms with van der Waals surface area (Å²) < 4.78 is 0. The number of para-hydroxylation sites is 1. The number of hydrogen-bond donors (Lipinski definition) is 4. The predicted octanol–water partition coefficient (Wildman–Crippen LogP) is 2.51. The van der Waals surface area contributed by atoms with Gasteiger partial charge in [-0.1, -0.05) is 30.3 Å². The van der Waals surface area contributed by atoms with Crippen LogP contribution in [0.5, 0.6) is 5.75 Å². The largest absolute Gasteiger partial charge is 0.508 e. The number of aromatic amines is 1. The number of nitrogens with one attached hydrogen (secondary N) is 1. The van der Waals surface area contributed by atoms with Crippen LogP contribution in [0.2, 0.25) is 0 Å². The van der Waals surface area contributed by atoms with E-state index in [2.05, 4.69) is 23.2 Å². The van der Waals surface area contributed by atoms with Crippen LogP contribution in [0, 0.1) is 0 Å². The number of hydrogen-bond acceptors (Lipinski definition) is 3. The van der Waals surface area contributed by atoms with Gasteiger partial charge in [-0.2, -0.15) is 0 Å². The summed E-state index contributed by atoms with van der Waals surface area (Å²) in [6, 6.07) is 15.7. The van der Waals surface area contributed by atoms with Gasteiger partial charge in [-0.15, -0.1) is 0 Å². The maximum atomic E-state index is 10.4. The molecule has 0 unspecified atom stereocenters. The molecule has 5 heteroatoms.